The van der Waals surface area contributed by atoms with E-state index in [9.17, 15) is 4.79 Å². The molecule has 1 fully saturated rings. The first-order valence-electron chi connectivity index (χ1n) is 10.3. The van der Waals surface area contributed by atoms with Gasteiger partial charge in [-0.3, -0.25) is 9.36 Å². The molecule has 1 N–H and O–H groups in total. The number of hydrogen-bond donors (Lipinski definition) is 1. The summed E-state index contributed by atoms with van der Waals surface area (Å²) in [6, 6.07) is 5.83. The molecule has 0 atom stereocenters. The van der Waals surface area contributed by atoms with Crippen LogP contribution >= 0.6 is 11.7 Å². The Labute approximate surface area is 183 Å². The second kappa shape index (κ2) is 8.45. The maximum atomic E-state index is 13.4. The smallest absolute Gasteiger partial charge is 0.293 e. The highest BCUT2D eigenvalue weighted by molar-refractivity contribution is 7.00. The van der Waals surface area contributed by atoms with Crippen LogP contribution in [-0.4, -0.2) is 54.3 Å². The Hall–Kier alpha value is -3.29. The van der Waals surface area contributed by atoms with Crippen LogP contribution in [-0.2, 0) is 13.1 Å². The molecular weight excluding hydrogens is 412 g/mol. The van der Waals surface area contributed by atoms with Crippen LogP contribution in [0.5, 0.6) is 0 Å². The van der Waals surface area contributed by atoms with Crippen molar-refractivity contribution in [3.05, 3.63) is 40.3 Å². The van der Waals surface area contributed by atoms with E-state index in [1.807, 2.05) is 22.8 Å². The van der Waals surface area contributed by atoms with E-state index < -0.39 is 0 Å². The van der Waals surface area contributed by atoms with Crippen LogP contribution in [0.1, 0.15) is 18.9 Å². The van der Waals surface area contributed by atoms with Crippen LogP contribution in [0, 0.1) is 11.8 Å². The normalized spacial score (nSPS) is 14.5. The third kappa shape index (κ3) is 3.78. The molecule has 158 valence electrons. The van der Waals surface area contributed by atoms with E-state index in [0.29, 0.717) is 24.1 Å². The first-order valence-corrected chi connectivity index (χ1v) is 11.0. The van der Waals surface area contributed by atoms with Crippen molar-refractivity contribution >= 4 is 39.7 Å². The summed E-state index contributed by atoms with van der Waals surface area (Å²) in [7, 11) is 0. The number of nitrogens with zero attached hydrogens (tertiary/aromatic N) is 7. The van der Waals surface area contributed by atoms with Gasteiger partial charge in [-0.1, -0.05) is 12.0 Å². The molecule has 1 aromatic carbocycles. The van der Waals surface area contributed by atoms with E-state index in [0.717, 1.165) is 55.1 Å². The summed E-state index contributed by atoms with van der Waals surface area (Å²) in [6.45, 7) is 6.18. The van der Waals surface area contributed by atoms with Crippen LogP contribution in [0.3, 0.4) is 0 Å². The highest BCUT2D eigenvalue weighted by Gasteiger charge is 2.21. The zero-order chi connectivity index (χ0) is 21.2. The van der Waals surface area contributed by atoms with Crippen molar-refractivity contribution in [3.8, 4) is 11.8 Å². The summed E-state index contributed by atoms with van der Waals surface area (Å²) in [4.78, 5) is 20.4. The van der Waals surface area contributed by atoms with E-state index >= 15 is 0 Å². The fourth-order valence-electron chi connectivity index (χ4n) is 3.88. The highest BCUT2D eigenvalue weighted by atomic mass is 32.1. The van der Waals surface area contributed by atoms with Gasteiger partial charge in [0, 0.05) is 19.6 Å². The minimum absolute atomic E-state index is 0.168. The quantitative estimate of drug-likeness (QED) is 0.486. The van der Waals surface area contributed by atoms with Crippen molar-refractivity contribution < 1.29 is 0 Å². The highest BCUT2D eigenvalue weighted by Crippen LogP contribution is 2.21. The molecule has 0 saturated carbocycles. The predicted molar refractivity (Wildman–Crippen MR) is 121 cm³/mol. The van der Waals surface area contributed by atoms with Gasteiger partial charge in [0.15, 0.2) is 0 Å². The summed E-state index contributed by atoms with van der Waals surface area (Å²) in [5, 5.41) is 7.80. The maximum absolute atomic E-state index is 13.4. The molecule has 1 aliphatic heterocycles. The lowest BCUT2D eigenvalue weighted by Crippen LogP contribution is -2.31. The molecule has 9 nitrogen and oxygen atoms in total. The Morgan fingerprint density at radius 2 is 2.06 bits per heavy atom. The first kappa shape index (κ1) is 19.7. The molecule has 5 rings (SSSR count). The summed E-state index contributed by atoms with van der Waals surface area (Å²) >= 11 is 1.18. The molecule has 3 aromatic heterocycles. The summed E-state index contributed by atoms with van der Waals surface area (Å²) in [5.41, 5.74) is 3.62. The monoisotopic (exact) mass is 434 g/mol. The van der Waals surface area contributed by atoms with Crippen LogP contribution in [0.2, 0.25) is 0 Å². The van der Waals surface area contributed by atoms with Gasteiger partial charge in [-0.25, -0.2) is 9.67 Å². The Morgan fingerprint density at radius 1 is 1.16 bits per heavy atom. The first-order chi connectivity index (χ1) is 15.2. The Bertz CT molecular complexity index is 1350. The van der Waals surface area contributed by atoms with E-state index in [4.69, 9.17) is 4.98 Å². The van der Waals surface area contributed by atoms with Crippen molar-refractivity contribution in [1.29, 1.82) is 0 Å². The van der Waals surface area contributed by atoms with E-state index in [2.05, 4.69) is 35.9 Å². The number of aromatic nitrogens is 6. The fourth-order valence-corrected chi connectivity index (χ4v) is 4.40. The molecule has 1 saturated heterocycles. The number of imidazole rings is 1. The van der Waals surface area contributed by atoms with Crippen LogP contribution < -0.4 is 15.8 Å². The molecule has 0 spiro atoms. The zero-order valence-electron chi connectivity index (χ0n) is 17.2. The number of hydrogen-bond acceptors (Lipinski definition) is 8. The average molecular weight is 435 g/mol. The Kier molecular flexibility index (Phi) is 5.36. The second-order valence-electron chi connectivity index (χ2n) is 7.44. The molecule has 4 heterocycles. The Balaban J connectivity index is 1.58. The van der Waals surface area contributed by atoms with Crippen molar-refractivity contribution in [1.82, 2.24) is 33.4 Å². The molecule has 0 aliphatic carbocycles. The fraction of sp³-hybridized carbons (Fsp3) is 0.381. The van der Waals surface area contributed by atoms with Gasteiger partial charge in [-0.15, -0.1) is 5.92 Å². The molecule has 0 amide bonds. The van der Waals surface area contributed by atoms with Crippen molar-refractivity contribution in [2.45, 2.75) is 26.4 Å². The van der Waals surface area contributed by atoms with E-state index in [-0.39, 0.29) is 5.56 Å². The minimum atomic E-state index is -0.168. The number of fused-ring (bicyclic) bond motifs is 2. The van der Waals surface area contributed by atoms with Crippen LogP contribution in [0.4, 0.5) is 5.95 Å². The van der Waals surface area contributed by atoms with Crippen LogP contribution in [0.15, 0.2) is 29.2 Å². The lowest BCUT2D eigenvalue weighted by molar-refractivity contribution is 0.642. The minimum Gasteiger partial charge on any atom is -0.341 e. The molecule has 0 bridgehead atoms. The number of benzene rings is 1. The van der Waals surface area contributed by atoms with Crippen molar-refractivity contribution in [3.63, 3.8) is 0 Å². The van der Waals surface area contributed by atoms with Gasteiger partial charge in [0.05, 0.1) is 31.0 Å². The molecule has 4 aromatic rings. The topological polar surface area (TPSA) is 93.8 Å². The van der Waals surface area contributed by atoms with Gasteiger partial charge in [-0.05, 0) is 37.6 Å². The molecular formula is C21H22N8OS. The molecule has 1 aliphatic rings. The van der Waals surface area contributed by atoms with E-state index in [1.54, 1.807) is 13.1 Å². The lowest BCUT2D eigenvalue weighted by atomic mass is 10.2. The van der Waals surface area contributed by atoms with Gasteiger partial charge in [0.2, 0.25) is 5.95 Å². The SMILES string of the molecule is CC#CCn1c(N2CCCNCC2)nc2cnn(Cc3ccc4nsnc4c3)c(=O)c21. The van der Waals surface area contributed by atoms with Gasteiger partial charge in [-0.2, -0.15) is 13.8 Å². The third-order valence-corrected chi connectivity index (χ3v) is 5.97. The number of rotatable bonds is 4. The lowest BCUT2D eigenvalue weighted by Gasteiger charge is -2.21. The zero-order valence-corrected chi connectivity index (χ0v) is 18.0. The van der Waals surface area contributed by atoms with Gasteiger partial charge in [0.1, 0.15) is 22.1 Å². The van der Waals surface area contributed by atoms with E-state index in [1.165, 1.54) is 16.4 Å². The number of anilines is 1. The maximum Gasteiger partial charge on any atom is 0.293 e. The van der Waals surface area contributed by atoms with Gasteiger partial charge < -0.3 is 10.2 Å². The van der Waals surface area contributed by atoms with Crippen LogP contribution in [0.25, 0.3) is 22.1 Å². The third-order valence-electron chi connectivity index (χ3n) is 5.42. The summed E-state index contributed by atoms with van der Waals surface area (Å²) < 4.78 is 11.9. The average Bonchev–Trinajstić information content (AvgIpc) is 3.29. The predicted octanol–water partition coefficient (Wildman–Crippen LogP) is 1.47. The molecule has 0 radical (unpaired) electrons. The van der Waals surface area contributed by atoms with Gasteiger partial charge in [0.25, 0.3) is 5.56 Å². The van der Waals surface area contributed by atoms with Gasteiger partial charge >= 0.3 is 0 Å². The summed E-state index contributed by atoms with van der Waals surface area (Å²) in [5.74, 6) is 6.82. The molecule has 31 heavy (non-hydrogen) atoms. The Morgan fingerprint density at radius 3 is 2.97 bits per heavy atom. The second-order valence-corrected chi connectivity index (χ2v) is 7.97. The van der Waals surface area contributed by atoms with Crippen molar-refractivity contribution in [2.75, 3.05) is 31.1 Å². The van der Waals surface area contributed by atoms with Crippen molar-refractivity contribution in [2.24, 2.45) is 0 Å². The number of nitrogens with one attached hydrogen (secondary N) is 1. The summed E-state index contributed by atoms with van der Waals surface area (Å²) in [6.07, 6.45) is 2.70. The largest absolute Gasteiger partial charge is 0.341 e. The standard InChI is InChI=1S/C21H22N8OS/c1-2-3-10-28-19-18(24-21(28)27-9-4-7-22-8-11-27)13-23-29(20(19)30)14-15-5-6-16-17(12-15)26-31-25-16/h5-6,12-13,22H,4,7-11,14H2,1H3. The molecule has 10 heteroatoms. The molecule has 0 unspecified atom stereocenters.